The minimum absolute atomic E-state index is 0.00630. The van der Waals surface area contributed by atoms with Crippen molar-refractivity contribution in [3.05, 3.63) is 66.0 Å². The fourth-order valence-corrected chi connectivity index (χ4v) is 4.13. The highest BCUT2D eigenvalue weighted by Crippen LogP contribution is 2.23. The molecule has 0 bridgehead atoms. The Balaban J connectivity index is 1.43. The molecule has 0 aliphatic heterocycles. The molecule has 3 aromatic rings. The van der Waals surface area contributed by atoms with Crippen LogP contribution in [-0.2, 0) is 16.0 Å². The molecule has 30 heavy (non-hydrogen) atoms. The van der Waals surface area contributed by atoms with Crippen LogP contribution in [0.3, 0.4) is 0 Å². The first-order chi connectivity index (χ1) is 14.7. The second-order valence-electron chi connectivity index (χ2n) is 8.00. The number of fused-ring (bicyclic) bond motifs is 1. The Hall–Kier alpha value is -3.15. The number of rotatable bonds is 7. The van der Waals surface area contributed by atoms with Crippen LogP contribution in [0.5, 0.6) is 0 Å². The van der Waals surface area contributed by atoms with E-state index in [2.05, 4.69) is 20.6 Å². The van der Waals surface area contributed by atoms with Gasteiger partial charge in [0.25, 0.3) is 0 Å². The lowest BCUT2D eigenvalue weighted by molar-refractivity contribution is -0.129. The summed E-state index contributed by atoms with van der Waals surface area (Å²) in [7, 11) is 0. The van der Waals surface area contributed by atoms with E-state index in [-0.39, 0.29) is 30.3 Å². The van der Waals surface area contributed by atoms with Crippen LogP contribution >= 0.6 is 0 Å². The maximum atomic E-state index is 12.7. The van der Waals surface area contributed by atoms with Crippen molar-refractivity contribution in [1.29, 1.82) is 0 Å². The summed E-state index contributed by atoms with van der Waals surface area (Å²) in [6, 6.07) is 17.5. The Kier molecular flexibility index (Phi) is 6.42. The fraction of sp³-hybridized carbons (Fsp3) is 0.375. The standard InChI is InChI=1S/C24H28N4O2/c29-22(16-25-24(30)18-11-5-2-6-12-18)26-21(15-17-9-3-1-4-10-17)23-27-19-13-7-8-14-20(19)28-23/h1,3-4,7-10,13-14,18,21H,2,5-6,11-12,15-16H2,(H,25,30)(H,26,29)(H,27,28)/t21-/m0/s1. The molecule has 156 valence electrons. The van der Waals surface area contributed by atoms with Crippen LogP contribution in [0.4, 0.5) is 0 Å². The number of carbonyl (C=O) groups is 2. The lowest BCUT2D eigenvalue weighted by Crippen LogP contribution is -2.41. The summed E-state index contributed by atoms with van der Waals surface area (Å²) >= 11 is 0. The number of hydrogen-bond acceptors (Lipinski definition) is 3. The number of carbonyl (C=O) groups excluding carboxylic acids is 2. The molecule has 0 radical (unpaired) electrons. The van der Waals surface area contributed by atoms with Gasteiger partial charge in [0, 0.05) is 5.92 Å². The minimum Gasteiger partial charge on any atom is -0.347 e. The van der Waals surface area contributed by atoms with Crippen LogP contribution in [-0.4, -0.2) is 28.3 Å². The van der Waals surface area contributed by atoms with Crippen molar-refractivity contribution in [2.24, 2.45) is 5.92 Å². The third-order valence-electron chi connectivity index (χ3n) is 5.75. The van der Waals surface area contributed by atoms with E-state index in [0.717, 1.165) is 42.3 Å². The summed E-state index contributed by atoms with van der Waals surface area (Å²) in [5.74, 6) is 0.544. The first kappa shape index (κ1) is 20.1. The maximum Gasteiger partial charge on any atom is 0.239 e. The van der Waals surface area contributed by atoms with Gasteiger partial charge in [0.05, 0.1) is 23.6 Å². The summed E-state index contributed by atoms with van der Waals surface area (Å²) in [6.07, 6.45) is 5.84. The monoisotopic (exact) mass is 404 g/mol. The molecule has 1 saturated carbocycles. The summed E-state index contributed by atoms with van der Waals surface area (Å²) in [5.41, 5.74) is 2.91. The van der Waals surface area contributed by atoms with Crippen LogP contribution in [0, 0.1) is 5.92 Å². The molecular formula is C24H28N4O2. The van der Waals surface area contributed by atoms with Gasteiger partial charge in [-0.15, -0.1) is 0 Å². The number of H-pyrrole nitrogens is 1. The Bertz CT molecular complexity index is 960. The zero-order valence-electron chi connectivity index (χ0n) is 17.1. The number of nitrogens with zero attached hydrogens (tertiary/aromatic N) is 1. The van der Waals surface area contributed by atoms with Gasteiger partial charge in [-0.3, -0.25) is 9.59 Å². The van der Waals surface area contributed by atoms with E-state index < -0.39 is 0 Å². The molecule has 1 fully saturated rings. The molecule has 1 aliphatic rings. The van der Waals surface area contributed by atoms with E-state index in [1.165, 1.54) is 6.42 Å². The summed E-state index contributed by atoms with van der Waals surface area (Å²) in [5, 5.41) is 5.87. The number of benzene rings is 2. The highest BCUT2D eigenvalue weighted by atomic mass is 16.2. The second-order valence-corrected chi connectivity index (χ2v) is 8.00. The number of imidazole rings is 1. The first-order valence-electron chi connectivity index (χ1n) is 10.7. The normalized spacial score (nSPS) is 15.6. The lowest BCUT2D eigenvalue weighted by Gasteiger charge is -2.21. The third kappa shape index (κ3) is 5.06. The predicted octanol–water partition coefficient (Wildman–Crippen LogP) is 3.66. The third-order valence-corrected chi connectivity index (χ3v) is 5.75. The SMILES string of the molecule is O=C(CNC(=O)C1CCCCC1)N[C@@H](Cc1ccccc1)c1nc2ccccc2[nH]1. The molecule has 1 heterocycles. The summed E-state index contributed by atoms with van der Waals surface area (Å²) in [4.78, 5) is 33.0. The quantitative estimate of drug-likeness (QED) is 0.562. The van der Waals surface area contributed by atoms with Crippen molar-refractivity contribution in [3.63, 3.8) is 0 Å². The van der Waals surface area contributed by atoms with Crippen molar-refractivity contribution in [3.8, 4) is 0 Å². The van der Waals surface area contributed by atoms with E-state index in [1.807, 2.05) is 54.6 Å². The van der Waals surface area contributed by atoms with Crippen molar-refractivity contribution < 1.29 is 9.59 Å². The van der Waals surface area contributed by atoms with Gasteiger partial charge < -0.3 is 15.6 Å². The van der Waals surface area contributed by atoms with Crippen LogP contribution in [0.15, 0.2) is 54.6 Å². The molecule has 0 unspecified atom stereocenters. The predicted molar refractivity (Wildman–Crippen MR) is 117 cm³/mol. The Morgan fingerprint density at radius 1 is 1.00 bits per heavy atom. The molecule has 2 amide bonds. The molecular weight excluding hydrogens is 376 g/mol. The topological polar surface area (TPSA) is 86.9 Å². The molecule has 2 aromatic carbocycles. The lowest BCUT2D eigenvalue weighted by atomic mass is 9.89. The number of nitrogens with one attached hydrogen (secondary N) is 3. The van der Waals surface area contributed by atoms with Crippen LogP contribution in [0.25, 0.3) is 11.0 Å². The average molecular weight is 405 g/mol. The molecule has 6 heteroatoms. The van der Waals surface area contributed by atoms with E-state index in [0.29, 0.717) is 12.2 Å². The van der Waals surface area contributed by atoms with Gasteiger partial charge in [0.15, 0.2) is 0 Å². The number of aromatic nitrogens is 2. The van der Waals surface area contributed by atoms with Crippen molar-refractivity contribution >= 4 is 22.8 Å². The second kappa shape index (κ2) is 9.57. The largest absolute Gasteiger partial charge is 0.347 e. The van der Waals surface area contributed by atoms with Gasteiger partial charge in [0.1, 0.15) is 5.82 Å². The fourth-order valence-electron chi connectivity index (χ4n) is 4.13. The van der Waals surface area contributed by atoms with Crippen LogP contribution in [0.1, 0.15) is 49.5 Å². The molecule has 0 saturated heterocycles. The highest BCUT2D eigenvalue weighted by Gasteiger charge is 2.23. The van der Waals surface area contributed by atoms with Gasteiger partial charge in [-0.05, 0) is 37.0 Å². The van der Waals surface area contributed by atoms with Crippen molar-refractivity contribution in [2.45, 2.75) is 44.6 Å². The maximum absolute atomic E-state index is 12.7. The van der Waals surface area contributed by atoms with Gasteiger partial charge in [-0.25, -0.2) is 4.98 Å². The first-order valence-corrected chi connectivity index (χ1v) is 10.7. The molecule has 4 rings (SSSR count). The van der Waals surface area contributed by atoms with Crippen molar-refractivity contribution in [2.75, 3.05) is 6.54 Å². The number of hydrogen-bond donors (Lipinski definition) is 3. The van der Waals surface area contributed by atoms with E-state index in [1.54, 1.807) is 0 Å². The minimum atomic E-state index is -0.307. The van der Waals surface area contributed by atoms with Gasteiger partial charge in [0.2, 0.25) is 11.8 Å². The number of aromatic amines is 1. The van der Waals surface area contributed by atoms with Crippen molar-refractivity contribution in [1.82, 2.24) is 20.6 Å². The molecule has 1 atom stereocenters. The summed E-state index contributed by atoms with van der Waals surface area (Å²) < 4.78 is 0. The van der Waals surface area contributed by atoms with E-state index >= 15 is 0 Å². The molecule has 6 nitrogen and oxygen atoms in total. The smallest absolute Gasteiger partial charge is 0.239 e. The Morgan fingerprint density at radius 2 is 1.73 bits per heavy atom. The van der Waals surface area contributed by atoms with E-state index in [9.17, 15) is 9.59 Å². The molecule has 3 N–H and O–H groups in total. The Morgan fingerprint density at radius 3 is 2.50 bits per heavy atom. The summed E-state index contributed by atoms with van der Waals surface area (Å²) in [6.45, 7) is -0.0130. The van der Waals surface area contributed by atoms with Crippen LogP contribution < -0.4 is 10.6 Å². The van der Waals surface area contributed by atoms with Gasteiger partial charge >= 0.3 is 0 Å². The van der Waals surface area contributed by atoms with Crippen LogP contribution in [0.2, 0.25) is 0 Å². The highest BCUT2D eigenvalue weighted by molar-refractivity contribution is 5.86. The van der Waals surface area contributed by atoms with Gasteiger partial charge in [-0.1, -0.05) is 61.7 Å². The van der Waals surface area contributed by atoms with E-state index in [4.69, 9.17) is 0 Å². The zero-order chi connectivity index (χ0) is 20.8. The molecule has 0 spiro atoms. The molecule has 1 aromatic heterocycles. The molecule has 1 aliphatic carbocycles. The number of para-hydroxylation sites is 2. The zero-order valence-corrected chi connectivity index (χ0v) is 17.1. The van der Waals surface area contributed by atoms with Gasteiger partial charge in [-0.2, -0.15) is 0 Å². The average Bonchev–Trinajstić information content (AvgIpc) is 3.23. The Labute approximate surface area is 176 Å². The number of amides is 2.